The molecular weight excluding hydrogens is 208 g/mol. The van der Waals surface area contributed by atoms with Gasteiger partial charge in [-0.25, -0.2) is 0 Å². The van der Waals surface area contributed by atoms with Crippen LogP contribution >= 0.6 is 11.6 Å². The zero-order valence-electron chi connectivity index (χ0n) is 8.92. The Morgan fingerprint density at radius 1 is 1.33 bits per heavy atom. The van der Waals surface area contributed by atoms with E-state index in [0.717, 1.165) is 31.2 Å². The van der Waals surface area contributed by atoms with E-state index in [4.69, 9.17) is 11.6 Å². The van der Waals surface area contributed by atoms with Crippen molar-refractivity contribution >= 4 is 16.8 Å². The van der Waals surface area contributed by atoms with Gasteiger partial charge >= 0.3 is 0 Å². The van der Waals surface area contributed by atoms with E-state index in [-0.39, 0.29) is 5.24 Å². The van der Waals surface area contributed by atoms with Gasteiger partial charge in [0.05, 0.1) is 5.41 Å². The first kappa shape index (κ1) is 10.7. The Morgan fingerprint density at radius 3 is 2.53 bits per heavy atom. The van der Waals surface area contributed by atoms with Gasteiger partial charge in [-0.05, 0) is 36.9 Å². The van der Waals surface area contributed by atoms with E-state index in [1.807, 2.05) is 25.1 Å². The molecule has 0 aliphatic heterocycles. The largest absolute Gasteiger partial charge is 0.280 e. The molecule has 0 aromatic heterocycles. The van der Waals surface area contributed by atoms with Crippen LogP contribution in [0.25, 0.3) is 0 Å². The molecule has 2 heteroatoms. The fourth-order valence-corrected chi connectivity index (χ4v) is 2.82. The van der Waals surface area contributed by atoms with Gasteiger partial charge in [0.25, 0.3) is 0 Å². The summed E-state index contributed by atoms with van der Waals surface area (Å²) in [5.41, 5.74) is 1.89. The molecule has 0 N–H and O–H groups in total. The fourth-order valence-electron chi connectivity index (χ4n) is 2.52. The van der Waals surface area contributed by atoms with Crippen LogP contribution in [0.4, 0.5) is 0 Å². The monoisotopic (exact) mass is 222 g/mol. The van der Waals surface area contributed by atoms with Gasteiger partial charge in [0, 0.05) is 0 Å². The second-order valence-electron chi connectivity index (χ2n) is 4.43. The van der Waals surface area contributed by atoms with Crippen LogP contribution in [0.5, 0.6) is 0 Å². The number of hydrogen-bond acceptors (Lipinski definition) is 1. The highest BCUT2D eigenvalue weighted by molar-refractivity contribution is 6.65. The van der Waals surface area contributed by atoms with Crippen LogP contribution in [0.15, 0.2) is 24.3 Å². The van der Waals surface area contributed by atoms with Gasteiger partial charge in [-0.2, -0.15) is 0 Å². The van der Waals surface area contributed by atoms with Crippen molar-refractivity contribution in [2.75, 3.05) is 0 Å². The van der Waals surface area contributed by atoms with Gasteiger partial charge in [-0.1, -0.05) is 42.7 Å². The first-order valence-corrected chi connectivity index (χ1v) is 5.80. The Morgan fingerprint density at radius 2 is 2.00 bits per heavy atom. The lowest BCUT2D eigenvalue weighted by Crippen LogP contribution is -2.29. The molecular formula is C13H15ClO. The van der Waals surface area contributed by atoms with Crippen molar-refractivity contribution in [2.24, 2.45) is 0 Å². The van der Waals surface area contributed by atoms with Crippen molar-refractivity contribution in [3.05, 3.63) is 35.4 Å². The molecule has 2 rings (SSSR count). The summed E-state index contributed by atoms with van der Waals surface area (Å²) in [5.74, 6) is 0. The SMILES string of the molecule is Cc1cccc(C2(C(=O)Cl)CCCC2)c1. The molecule has 0 saturated heterocycles. The molecule has 1 nitrogen and oxygen atoms in total. The average molecular weight is 223 g/mol. The van der Waals surface area contributed by atoms with Gasteiger partial charge in [0.15, 0.2) is 0 Å². The van der Waals surface area contributed by atoms with Crippen molar-refractivity contribution < 1.29 is 4.79 Å². The molecule has 1 aliphatic carbocycles. The molecule has 0 amide bonds. The highest BCUT2D eigenvalue weighted by Gasteiger charge is 2.41. The molecule has 1 saturated carbocycles. The van der Waals surface area contributed by atoms with Crippen LogP contribution in [-0.4, -0.2) is 5.24 Å². The lowest BCUT2D eigenvalue weighted by atomic mass is 9.79. The van der Waals surface area contributed by atoms with Gasteiger partial charge in [0.1, 0.15) is 0 Å². The van der Waals surface area contributed by atoms with Crippen LogP contribution in [0.3, 0.4) is 0 Å². The molecule has 1 fully saturated rings. The lowest BCUT2D eigenvalue weighted by molar-refractivity contribution is -0.116. The Kier molecular flexibility index (Phi) is 2.83. The van der Waals surface area contributed by atoms with Crippen LogP contribution < -0.4 is 0 Å². The lowest BCUT2D eigenvalue weighted by Gasteiger charge is -2.25. The van der Waals surface area contributed by atoms with E-state index in [1.165, 1.54) is 5.56 Å². The van der Waals surface area contributed by atoms with E-state index < -0.39 is 5.41 Å². The zero-order valence-corrected chi connectivity index (χ0v) is 9.68. The summed E-state index contributed by atoms with van der Waals surface area (Å²) in [6.45, 7) is 2.05. The average Bonchev–Trinajstić information content (AvgIpc) is 2.67. The zero-order chi connectivity index (χ0) is 10.9. The Balaban J connectivity index is 2.45. The fraction of sp³-hybridized carbons (Fsp3) is 0.462. The second-order valence-corrected chi connectivity index (χ2v) is 4.78. The number of halogens is 1. The summed E-state index contributed by atoms with van der Waals surface area (Å²) in [6, 6.07) is 8.17. The van der Waals surface area contributed by atoms with E-state index >= 15 is 0 Å². The molecule has 80 valence electrons. The molecule has 1 aliphatic rings. The molecule has 0 heterocycles. The normalized spacial score (nSPS) is 19.1. The maximum absolute atomic E-state index is 11.6. The summed E-state index contributed by atoms with van der Waals surface area (Å²) in [7, 11) is 0. The molecule has 1 aromatic rings. The van der Waals surface area contributed by atoms with Crippen LogP contribution in [-0.2, 0) is 10.2 Å². The van der Waals surface area contributed by atoms with Crippen LogP contribution in [0, 0.1) is 6.92 Å². The summed E-state index contributed by atoms with van der Waals surface area (Å²) in [5, 5.41) is -0.189. The third-order valence-electron chi connectivity index (χ3n) is 3.40. The first-order chi connectivity index (χ1) is 7.15. The Labute approximate surface area is 95.4 Å². The highest BCUT2D eigenvalue weighted by atomic mass is 35.5. The van der Waals surface area contributed by atoms with Gasteiger partial charge in [-0.15, -0.1) is 0 Å². The summed E-state index contributed by atoms with van der Waals surface area (Å²) < 4.78 is 0. The molecule has 0 atom stereocenters. The summed E-state index contributed by atoms with van der Waals surface area (Å²) >= 11 is 5.79. The predicted octanol–water partition coefficient (Wildman–Crippen LogP) is 3.57. The predicted molar refractivity (Wildman–Crippen MR) is 62.2 cm³/mol. The van der Waals surface area contributed by atoms with Crippen molar-refractivity contribution in [1.82, 2.24) is 0 Å². The minimum absolute atomic E-state index is 0.189. The summed E-state index contributed by atoms with van der Waals surface area (Å²) in [4.78, 5) is 11.6. The topological polar surface area (TPSA) is 17.1 Å². The number of rotatable bonds is 2. The number of carbonyl (C=O) groups is 1. The van der Waals surface area contributed by atoms with E-state index in [1.54, 1.807) is 0 Å². The van der Waals surface area contributed by atoms with Crippen LogP contribution in [0.1, 0.15) is 36.8 Å². The van der Waals surface area contributed by atoms with Crippen molar-refractivity contribution in [3.63, 3.8) is 0 Å². The maximum atomic E-state index is 11.6. The van der Waals surface area contributed by atoms with E-state index in [9.17, 15) is 4.79 Å². The Bertz CT molecular complexity index is 378. The van der Waals surface area contributed by atoms with Crippen molar-refractivity contribution in [2.45, 2.75) is 38.0 Å². The van der Waals surface area contributed by atoms with Gasteiger partial charge < -0.3 is 0 Å². The summed E-state index contributed by atoms with van der Waals surface area (Å²) in [6.07, 6.45) is 4.01. The number of benzene rings is 1. The van der Waals surface area contributed by atoms with Crippen molar-refractivity contribution in [3.8, 4) is 0 Å². The quantitative estimate of drug-likeness (QED) is 0.700. The minimum Gasteiger partial charge on any atom is -0.280 e. The third kappa shape index (κ3) is 1.81. The number of hydrogen-bond donors (Lipinski definition) is 0. The first-order valence-electron chi connectivity index (χ1n) is 5.42. The molecule has 0 unspecified atom stereocenters. The minimum atomic E-state index is -0.395. The smallest absolute Gasteiger partial charge is 0.232 e. The maximum Gasteiger partial charge on any atom is 0.232 e. The van der Waals surface area contributed by atoms with Crippen LogP contribution in [0.2, 0.25) is 0 Å². The molecule has 0 radical (unpaired) electrons. The van der Waals surface area contributed by atoms with E-state index in [2.05, 4.69) is 6.07 Å². The molecule has 1 aromatic carbocycles. The number of aryl methyl sites for hydroxylation is 1. The van der Waals surface area contributed by atoms with E-state index in [0.29, 0.717) is 0 Å². The second kappa shape index (κ2) is 3.97. The highest BCUT2D eigenvalue weighted by Crippen LogP contribution is 2.42. The standard InChI is InChI=1S/C13H15ClO/c1-10-5-4-6-11(9-10)13(12(14)15)7-2-3-8-13/h4-6,9H,2-3,7-8H2,1H3. The van der Waals surface area contributed by atoms with Gasteiger partial charge in [0.2, 0.25) is 5.24 Å². The third-order valence-corrected chi connectivity index (χ3v) is 3.77. The number of carbonyl (C=O) groups excluding carboxylic acids is 1. The van der Waals surface area contributed by atoms with Gasteiger partial charge in [-0.3, -0.25) is 4.79 Å². The Hall–Kier alpha value is -0.820. The molecule has 0 bridgehead atoms. The van der Waals surface area contributed by atoms with Crippen molar-refractivity contribution in [1.29, 1.82) is 0 Å². The molecule has 0 spiro atoms. The molecule has 15 heavy (non-hydrogen) atoms.